The minimum atomic E-state index is -3.84. The fourth-order valence-corrected chi connectivity index (χ4v) is 3.81. The number of aromatic nitrogens is 2. The lowest BCUT2D eigenvalue weighted by Gasteiger charge is -2.06. The van der Waals surface area contributed by atoms with Crippen LogP contribution in [0.5, 0.6) is 0 Å². The summed E-state index contributed by atoms with van der Waals surface area (Å²) in [7, 11) is -3.84. The topological polar surface area (TPSA) is 92.2 Å². The van der Waals surface area contributed by atoms with Gasteiger partial charge < -0.3 is 5.11 Å². The summed E-state index contributed by atoms with van der Waals surface area (Å²) in [5, 5.41) is 16.9. The number of nitrogens with zero attached hydrogens (tertiary/aromatic N) is 2. The summed E-state index contributed by atoms with van der Waals surface area (Å²) in [6.45, 7) is 1.44. The van der Waals surface area contributed by atoms with Gasteiger partial charge in [-0.2, -0.15) is 0 Å². The van der Waals surface area contributed by atoms with Crippen LogP contribution in [0.15, 0.2) is 23.1 Å². The standard InChI is InChI=1S/C12H10ClN3O3S2/c1-8-14-15-12(20-8)16-21(18,19)11-5-4-9(3-2-6-17)7-10(11)13/h4-5,7,17H,6H2,1H3,(H,15,16). The normalized spacial score (nSPS) is 10.8. The van der Waals surface area contributed by atoms with Crippen LogP contribution in [0.1, 0.15) is 10.6 Å². The fourth-order valence-electron chi connectivity index (χ4n) is 1.45. The third kappa shape index (κ3) is 3.92. The molecule has 0 radical (unpaired) electrons. The first kappa shape index (κ1) is 15.7. The van der Waals surface area contributed by atoms with E-state index in [-0.39, 0.29) is 21.7 Å². The predicted octanol–water partition coefficient (Wildman–Crippen LogP) is 1.64. The van der Waals surface area contributed by atoms with Gasteiger partial charge in [-0.15, -0.1) is 10.2 Å². The largest absolute Gasteiger partial charge is 0.384 e. The van der Waals surface area contributed by atoms with Gasteiger partial charge in [-0.3, -0.25) is 4.72 Å². The maximum absolute atomic E-state index is 12.2. The van der Waals surface area contributed by atoms with E-state index in [0.717, 1.165) is 11.3 Å². The van der Waals surface area contributed by atoms with Crippen molar-refractivity contribution in [1.29, 1.82) is 0 Å². The average Bonchev–Trinajstić information content (AvgIpc) is 2.80. The van der Waals surface area contributed by atoms with E-state index in [1.165, 1.54) is 18.2 Å². The molecule has 0 saturated carbocycles. The summed E-state index contributed by atoms with van der Waals surface area (Å²) >= 11 is 7.11. The van der Waals surface area contributed by atoms with Crippen LogP contribution in [0.2, 0.25) is 5.02 Å². The molecule has 110 valence electrons. The van der Waals surface area contributed by atoms with Crippen molar-refractivity contribution in [2.45, 2.75) is 11.8 Å². The van der Waals surface area contributed by atoms with Gasteiger partial charge in [-0.05, 0) is 25.1 Å². The molecule has 0 aliphatic rings. The van der Waals surface area contributed by atoms with Crippen LogP contribution in [0.4, 0.5) is 5.13 Å². The zero-order valence-electron chi connectivity index (χ0n) is 10.8. The molecule has 0 unspecified atom stereocenters. The van der Waals surface area contributed by atoms with Crippen molar-refractivity contribution in [2.24, 2.45) is 0 Å². The number of halogens is 1. The Morgan fingerprint density at radius 1 is 1.43 bits per heavy atom. The number of hydrogen-bond donors (Lipinski definition) is 2. The van der Waals surface area contributed by atoms with E-state index in [1.54, 1.807) is 6.92 Å². The van der Waals surface area contributed by atoms with Gasteiger partial charge in [-0.25, -0.2) is 8.42 Å². The van der Waals surface area contributed by atoms with Gasteiger partial charge in [0.15, 0.2) is 0 Å². The highest BCUT2D eigenvalue weighted by atomic mass is 35.5. The Hall–Kier alpha value is -1.66. The number of aliphatic hydroxyl groups excluding tert-OH is 1. The molecular formula is C12H10ClN3O3S2. The highest BCUT2D eigenvalue weighted by Crippen LogP contribution is 2.25. The summed E-state index contributed by atoms with van der Waals surface area (Å²) in [4.78, 5) is -0.0773. The van der Waals surface area contributed by atoms with Crippen LogP contribution in [-0.2, 0) is 10.0 Å². The third-order valence-corrected chi connectivity index (χ3v) is 4.99. The van der Waals surface area contributed by atoms with E-state index in [1.807, 2.05) is 0 Å². The number of sulfonamides is 1. The van der Waals surface area contributed by atoms with Gasteiger partial charge >= 0.3 is 0 Å². The molecule has 6 nitrogen and oxygen atoms in total. The SMILES string of the molecule is Cc1nnc(NS(=O)(=O)c2ccc(C#CCO)cc2Cl)s1. The summed E-state index contributed by atoms with van der Waals surface area (Å²) in [6.07, 6.45) is 0. The van der Waals surface area contributed by atoms with Crippen LogP contribution in [0, 0.1) is 18.8 Å². The zero-order valence-corrected chi connectivity index (χ0v) is 13.2. The molecule has 0 aliphatic heterocycles. The lowest BCUT2D eigenvalue weighted by Crippen LogP contribution is -2.13. The Morgan fingerprint density at radius 2 is 2.19 bits per heavy atom. The predicted molar refractivity (Wildman–Crippen MR) is 80.9 cm³/mol. The molecule has 1 heterocycles. The lowest BCUT2D eigenvalue weighted by molar-refractivity contribution is 0.350. The van der Waals surface area contributed by atoms with Gasteiger partial charge in [0.2, 0.25) is 5.13 Å². The molecule has 0 aliphatic carbocycles. The number of nitrogens with one attached hydrogen (secondary N) is 1. The molecular weight excluding hydrogens is 334 g/mol. The quantitative estimate of drug-likeness (QED) is 0.827. The smallest absolute Gasteiger partial charge is 0.265 e. The van der Waals surface area contributed by atoms with Gasteiger partial charge in [0, 0.05) is 5.56 Å². The molecule has 9 heteroatoms. The number of aryl methyl sites for hydroxylation is 1. The van der Waals surface area contributed by atoms with Crippen molar-refractivity contribution in [1.82, 2.24) is 10.2 Å². The van der Waals surface area contributed by atoms with Crippen molar-refractivity contribution in [3.63, 3.8) is 0 Å². The van der Waals surface area contributed by atoms with Crippen molar-refractivity contribution < 1.29 is 13.5 Å². The Balaban J connectivity index is 2.32. The summed E-state index contributed by atoms with van der Waals surface area (Å²) in [5.41, 5.74) is 0.514. The van der Waals surface area contributed by atoms with E-state index in [9.17, 15) is 8.42 Å². The van der Waals surface area contributed by atoms with Crippen LogP contribution in [-0.4, -0.2) is 30.3 Å². The van der Waals surface area contributed by atoms with Crippen molar-refractivity contribution in [3.05, 3.63) is 33.8 Å². The molecule has 0 atom stereocenters. The molecule has 0 bridgehead atoms. The first-order valence-electron chi connectivity index (χ1n) is 5.64. The minimum Gasteiger partial charge on any atom is -0.384 e. The van der Waals surface area contributed by atoms with Crippen LogP contribution < -0.4 is 4.72 Å². The molecule has 2 aromatic rings. The Bertz CT molecular complexity index is 822. The van der Waals surface area contributed by atoms with Crippen molar-refractivity contribution in [3.8, 4) is 11.8 Å². The van der Waals surface area contributed by atoms with Gasteiger partial charge in [0.05, 0.1) is 5.02 Å². The molecule has 2 N–H and O–H groups in total. The van der Waals surface area contributed by atoms with Gasteiger partial charge in [0.25, 0.3) is 10.0 Å². The highest BCUT2D eigenvalue weighted by molar-refractivity contribution is 7.93. The van der Waals surface area contributed by atoms with Crippen LogP contribution >= 0.6 is 22.9 Å². The average molecular weight is 344 g/mol. The Kier molecular flexibility index (Phi) is 4.80. The second-order valence-corrected chi connectivity index (χ2v) is 7.08. The maximum Gasteiger partial charge on any atom is 0.265 e. The lowest BCUT2D eigenvalue weighted by atomic mass is 10.2. The van der Waals surface area contributed by atoms with Gasteiger partial charge in [-0.1, -0.05) is 34.8 Å². The highest BCUT2D eigenvalue weighted by Gasteiger charge is 2.19. The molecule has 1 aromatic carbocycles. The van der Waals surface area contributed by atoms with E-state index in [0.29, 0.717) is 10.6 Å². The first-order chi connectivity index (χ1) is 9.92. The summed E-state index contributed by atoms with van der Waals surface area (Å²) in [6, 6.07) is 4.28. The zero-order chi connectivity index (χ0) is 15.5. The summed E-state index contributed by atoms with van der Waals surface area (Å²) in [5.74, 6) is 5.10. The Labute approximate surface area is 130 Å². The molecule has 0 amide bonds. The minimum absolute atomic E-state index is 0.0356. The van der Waals surface area contributed by atoms with E-state index in [4.69, 9.17) is 16.7 Å². The molecule has 2 rings (SSSR count). The molecule has 0 saturated heterocycles. The van der Waals surface area contributed by atoms with Crippen LogP contribution in [0.25, 0.3) is 0 Å². The number of anilines is 1. The first-order valence-corrected chi connectivity index (χ1v) is 8.32. The van der Waals surface area contributed by atoms with E-state index < -0.39 is 10.0 Å². The molecule has 0 fully saturated rings. The number of benzene rings is 1. The number of hydrogen-bond acceptors (Lipinski definition) is 6. The second kappa shape index (κ2) is 6.41. The van der Waals surface area contributed by atoms with E-state index >= 15 is 0 Å². The molecule has 21 heavy (non-hydrogen) atoms. The Morgan fingerprint density at radius 3 is 2.76 bits per heavy atom. The number of rotatable bonds is 3. The third-order valence-electron chi connectivity index (χ3n) is 2.28. The maximum atomic E-state index is 12.2. The molecule has 1 aromatic heterocycles. The van der Waals surface area contributed by atoms with Crippen molar-refractivity contribution in [2.75, 3.05) is 11.3 Å². The molecule has 0 spiro atoms. The fraction of sp³-hybridized carbons (Fsp3) is 0.167. The monoisotopic (exact) mass is 343 g/mol. The second-order valence-electron chi connectivity index (χ2n) is 3.84. The van der Waals surface area contributed by atoms with Gasteiger partial charge in [0.1, 0.15) is 16.5 Å². The van der Waals surface area contributed by atoms with E-state index in [2.05, 4.69) is 26.8 Å². The van der Waals surface area contributed by atoms with Crippen LogP contribution in [0.3, 0.4) is 0 Å². The van der Waals surface area contributed by atoms with Crippen molar-refractivity contribution >= 4 is 38.1 Å². The number of aliphatic hydroxyl groups is 1. The summed E-state index contributed by atoms with van der Waals surface area (Å²) < 4.78 is 26.8.